The standard InChI is InChI=1S/C11H13N3O/c1-2-5-10-12-9(8-15)11(13-10)14-6-3-4-7-14/h3-4,6-8H,2,5H2,1H3,(H,12,13). The minimum absolute atomic E-state index is 0.537. The molecular weight excluding hydrogens is 190 g/mol. The van der Waals surface area contributed by atoms with E-state index in [1.807, 2.05) is 29.1 Å². The number of H-pyrrole nitrogens is 1. The number of aromatic nitrogens is 3. The topological polar surface area (TPSA) is 50.7 Å². The summed E-state index contributed by atoms with van der Waals surface area (Å²) in [6, 6.07) is 3.81. The molecule has 0 amide bonds. The van der Waals surface area contributed by atoms with Crippen molar-refractivity contribution in [2.75, 3.05) is 0 Å². The molecule has 0 aliphatic carbocycles. The van der Waals surface area contributed by atoms with Crippen molar-refractivity contribution >= 4 is 6.29 Å². The van der Waals surface area contributed by atoms with E-state index in [0.29, 0.717) is 11.5 Å². The highest BCUT2D eigenvalue weighted by Crippen LogP contribution is 2.11. The Kier molecular flexibility index (Phi) is 2.67. The van der Waals surface area contributed by atoms with Gasteiger partial charge in [-0.15, -0.1) is 0 Å². The summed E-state index contributed by atoms with van der Waals surface area (Å²) < 4.78 is 1.83. The molecular formula is C11H13N3O. The van der Waals surface area contributed by atoms with Crippen LogP contribution in [-0.4, -0.2) is 20.8 Å². The molecule has 0 saturated heterocycles. The Morgan fingerprint density at radius 3 is 2.80 bits per heavy atom. The highest BCUT2D eigenvalue weighted by atomic mass is 16.1. The lowest BCUT2D eigenvalue weighted by atomic mass is 10.3. The minimum atomic E-state index is 0.537. The molecule has 2 heterocycles. The van der Waals surface area contributed by atoms with Gasteiger partial charge in [0.2, 0.25) is 0 Å². The first-order valence-corrected chi connectivity index (χ1v) is 5.02. The van der Waals surface area contributed by atoms with Gasteiger partial charge < -0.3 is 9.55 Å². The zero-order valence-electron chi connectivity index (χ0n) is 8.60. The molecule has 78 valence electrons. The van der Waals surface area contributed by atoms with Gasteiger partial charge >= 0.3 is 0 Å². The third-order valence-electron chi connectivity index (χ3n) is 2.21. The summed E-state index contributed by atoms with van der Waals surface area (Å²) in [6.07, 6.45) is 6.43. The van der Waals surface area contributed by atoms with E-state index in [2.05, 4.69) is 16.9 Å². The Labute approximate surface area is 88.0 Å². The number of rotatable bonds is 4. The summed E-state index contributed by atoms with van der Waals surface area (Å²) in [5.41, 5.74) is 0.537. The van der Waals surface area contributed by atoms with Crippen LogP contribution < -0.4 is 0 Å². The largest absolute Gasteiger partial charge is 0.338 e. The number of nitrogens with one attached hydrogen (secondary N) is 1. The van der Waals surface area contributed by atoms with Crippen molar-refractivity contribution < 1.29 is 4.79 Å². The smallest absolute Gasteiger partial charge is 0.170 e. The maximum Gasteiger partial charge on any atom is 0.170 e. The first-order chi connectivity index (χ1) is 7.35. The average molecular weight is 203 g/mol. The van der Waals surface area contributed by atoms with Crippen molar-refractivity contribution in [3.05, 3.63) is 36.0 Å². The first-order valence-electron chi connectivity index (χ1n) is 5.02. The van der Waals surface area contributed by atoms with Crippen molar-refractivity contribution in [2.45, 2.75) is 19.8 Å². The lowest BCUT2D eigenvalue weighted by Gasteiger charge is -1.96. The molecule has 0 spiro atoms. The SMILES string of the molecule is CCCc1nc(-n2cccc2)c(C=O)[nH]1. The number of nitrogens with zero attached hydrogens (tertiary/aromatic N) is 2. The second kappa shape index (κ2) is 4.13. The molecule has 4 nitrogen and oxygen atoms in total. The van der Waals surface area contributed by atoms with Gasteiger partial charge in [0.25, 0.3) is 0 Å². The van der Waals surface area contributed by atoms with Gasteiger partial charge in [0.05, 0.1) is 0 Å². The maximum absolute atomic E-state index is 10.9. The molecule has 0 aliphatic rings. The van der Waals surface area contributed by atoms with E-state index in [9.17, 15) is 4.79 Å². The summed E-state index contributed by atoms with van der Waals surface area (Å²) in [7, 11) is 0. The molecule has 0 fully saturated rings. The fraction of sp³-hybridized carbons (Fsp3) is 0.273. The van der Waals surface area contributed by atoms with Gasteiger partial charge in [-0.05, 0) is 18.6 Å². The molecule has 2 rings (SSSR count). The van der Waals surface area contributed by atoms with Crippen LogP contribution in [-0.2, 0) is 6.42 Å². The summed E-state index contributed by atoms with van der Waals surface area (Å²) in [4.78, 5) is 18.3. The fourth-order valence-electron chi connectivity index (χ4n) is 1.54. The third-order valence-corrected chi connectivity index (χ3v) is 2.21. The van der Waals surface area contributed by atoms with Crippen LogP contribution >= 0.6 is 0 Å². The zero-order valence-corrected chi connectivity index (χ0v) is 8.60. The number of carbonyl (C=O) groups excluding carboxylic acids is 1. The molecule has 15 heavy (non-hydrogen) atoms. The van der Waals surface area contributed by atoms with Crippen LogP contribution in [0.15, 0.2) is 24.5 Å². The maximum atomic E-state index is 10.9. The molecule has 0 radical (unpaired) electrons. The number of carbonyl (C=O) groups is 1. The number of aldehydes is 1. The van der Waals surface area contributed by atoms with Crippen LogP contribution in [0.3, 0.4) is 0 Å². The Morgan fingerprint density at radius 2 is 2.20 bits per heavy atom. The number of hydrogen-bond acceptors (Lipinski definition) is 2. The molecule has 2 aromatic rings. The van der Waals surface area contributed by atoms with Gasteiger partial charge in [-0.3, -0.25) is 4.79 Å². The van der Waals surface area contributed by atoms with E-state index in [0.717, 1.165) is 25.0 Å². The quantitative estimate of drug-likeness (QED) is 0.772. The van der Waals surface area contributed by atoms with Crippen molar-refractivity contribution in [3.8, 4) is 5.82 Å². The van der Waals surface area contributed by atoms with Crippen molar-refractivity contribution in [1.82, 2.24) is 14.5 Å². The van der Waals surface area contributed by atoms with E-state index < -0.39 is 0 Å². The molecule has 1 N–H and O–H groups in total. The van der Waals surface area contributed by atoms with Gasteiger partial charge in [-0.25, -0.2) is 4.98 Å². The van der Waals surface area contributed by atoms with Gasteiger partial charge in [-0.2, -0.15) is 0 Å². The lowest BCUT2D eigenvalue weighted by Crippen LogP contribution is -1.94. The monoisotopic (exact) mass is 203 g/mol. The lowest BCUT2D eigenvalue weighted by molar-refractivity contribution is 0.111. The summed E-state index contributed by atoms with van der Waals surface area (Å²) in [5, 5.41) is 0. The highest BCUT2D eigenvalue weighted by molar-refractivity contribution is 5.77. The molecule has 0 aromatic carbocycles. The Hall–Kier alpha value is -1.84. The van der Waals surface area contributed by atoms with E-state index >= 15 is 0 Å². The van der Waals surface area contributed by atoms with E-state index in [1.54, 1.807) is 0 Å². The predicted molar refractivity (Wildman–Crippen MR) is 57.3 cm³/mol. The van der Waals surface area contributed by atoms with Gasteiger partial charge in [0.15, 0.2) is 12.1 Å². The number of hydrogen-bond donors (Lipinski definition) is 1. The first kappa shape index (κ1) is 9.71. The van der Waals surface area contributed by atoms with E-state index in [-0.39, 0.29) is 0 Å². The summed E-state index contributed by atoms with van der Waals surface area (Å²) in [5.74, 6) is 1.54. The Morgan fingerprint density at radius 1 is 1.47 bits per heavy atom. The van der Waals surface area contributed by atoms with E-state index in [4.69, 9.17) is 0 Å². The molecule has 0 bridgehead atoms. The summed E-state index contributed by atoms with van der Waals surface area (Å²) >= 11 is 0. The second-order valence-corrected chi connectivity index (χ2v) is 3.38. The molecule has 0 atom stereocenters. The van der Waals surface area contributed by atoms with Crippen LogP contribution in [0.5, 0.6) is 0 Å². The second-order valence-electron chi connectivity index (χ2n) is 3.38. The minimum Gasteiger partial charge on any atom is -0.338 e. The Bertz CT molecular complexity index is 442. The number of imidazole rings is 1. The van der Waals surface area contributed by atoms with Gasteiger partial charge in [0, 0.05) is 18.8 Å². The van der Waals surface area contributed by atoms with E-state index in [1.165, 1.54) is 0 Å². The predicted octanol–water partition coefficient (Wildman–Crippen LogP) is 1.97. The normalized spacial score (nSPS) is 10.5. The molecule has 0 aliphatic heterocycles. The number of aryl methyl sites for hydroxylation is 1. The van der Waals surface area contributed by atoms with Crippen LogP contribution in [0.1, 0.15) is 29.7 Å². The van der Waals surface area contributed by atoms with Crippen molar-refractivity contribution in [1.29, 1.82) is 0 Å². The van der Waals surface area contributed by atoms with Gasteiger partial charge in [-0.1, -0.05) is 6.92 Å². The van der Waals surface area contributed by atoms with Gasteiger partial charge in [0.1, 0.15) is 11.5 Å². The van der Waals surface area contributed by atoms with Crippen LogP contribution in [0.25, 0.3) is 5.82 Å². The fourth-order valence-corrected chi connectivity index (χ4v) is 1.54. The van der Waals surface area contributed by atoms with Crippen LogP contribution in [0, 0.1) is 0 Å². The van der Waals surface area contributed by atoms with Crippen LogP contribution in [0.2, 0.25) is 0 Å². The zero-order chi connectivity index (χ0) is 10.7. The number of aromatic amines is 1. The third kappa shape index (κ3) is 1.83. The van der Waals surface area contributed by atoms with Crippen LogP contribution in [0.4, 0.5) is 0 Å². The molecule has 0 saturated carbocycles. The van der Waals surface area contributed by atoms with Crippen molar-refractivity contribution in [2.24, 2.45) is 0 Å². The average Bonchev–Trinajstić information content (AvgIpc) is 2.84. The highest BCUT2D eigenvalue weighted by Gasteiger charge is 2.09. The molecule has 0 unspecified atom stereocenters. The van der Waals surface area contributed by atoms with Crippen molar-refractivity contribution in [3.63, 3.8) is 0 Å². The Balaban J connectivity index is 2.41. The summed E-state index contributed by atoms with van der Waals surface area (Å²) in [6.45, 7) is 2.08. The molecule has 4 heteroatoms. The molecule has 2 aromatic heterocycles.